The zero-order chi connectivity index (χ0) is 26.6. The summed E-state index contributed by atoms with van der Waals surface area (Å²) in [5.41, 5.74) is 6.34. The number of nitrogens with zero attached hydrogens (tertiary/aromatic N) is 4. The Morgan fingerprint density at radius 3 is 2.82 bits per heavy atom. The number of hydrazone groups is 1. The van der Waals surface area contributed by atoms with E-state index in [0.717, 1.165) is 34.6 Å². The number of amides is 1. The summed E-state index contributed by atoms with van der Waals surface area (Å²) in [4.78, 5) is 33.3. The van der Waals surface area contributed by atoms with Gasteiger partial charge in [0.05, 0.1) is 30.0 Å². The van der Waals surface area contributed by atoms with E-state index in [1.54, 1.807) is 35.0 Å². The molecular weight excluding hydrogens is 504 g/mol. The first-order valence-electron chi connectivity index (χ1n) is 12.1. The van der Waals surface area contributed by atoms with Gasteiger partial charge in [0.2, 0.25) is 5.91 Å². The highest BCUT2D eigenvalue weighted by Gasteiger charge is 2.33. The van der Waals surface area contributed by atoms with Crippen molar-refractivity contribution in [3.05, 3.63) is 87.2 Å². The molecule has 2 aliphatic rings. The Kier molecular flexibility index (Phi) is 5.77. The molecule has 0 saturated heterocycles. The van der Waals surface area contributed by atoms with E-state index in [2.05, 4.69) is 27.3 Å². The monoisotopic (exact) mass is 528 g/mol. The molecule has 0 radical (unpaired) electrons. The molecule has 2 aromatic heterocycles. The number of H-pyrrole nitrogens is 1. The van der Waals surface area contributed by atoms with E-state index in [4.69, 9.17) is 23.3 Å². The number of hydrogen-bond donors (Lipinski definition) is 4. The van der Waals surface area contributed by atoms with Gasteiger partial charge in [-0.05, 0) is 65.4 Å². The smallest absolute Gasteiger partial charge is 0.252 e. The van der Waals surface area contributed by atoms with Crippen LogP contribution in [0.2, 0.25) is 5.02 Å². The van der Waals surface area contributed by atoms with E-state index in [1.165, 1.54) is 11.3 Å². The number of aromatic nitrogens is 3. The summed E-state index contributed by atoms with van der Waals surface area (Å²) in [6.07, 6.45) is 4.15. The molecule has 10 nitrogen and oxygen atoms in total. The van der Waals surface area contributed by atoms with Gasteiger partial charge in [0, 0.05) is 28.0 Å². The van der Waals surface area contributed by atoms with Crippen molar-refractivity contribution in [3.8, 4) is 22.4 Å². The minimum absolute atomic E-state index is 0.00526. The van der Waals surface area contributed by atoms with E-state index < -0.39 is 0 Å². The number of anilines is 2. The van der Waals surface area contributed by atoms with E-state index in [9.17, 15) is 9.59 Å². The Balaban J connectivity index is 1.37. The lowest BCUT2D eigenvalue weighted by Crippen LogP contribution is -2.30. The largest absolute Gasteiger partial charge is 0.340 e. The average molecular weight is 529 g/mol. The van der Waals surface area contributed by atoms with E-state index in [-0.39, 0.29) is 23.4 Å². The minimum atomic E-state index is -0.234. The van der Waals surface area contributed by atoms with E-state index in [1.807, 2.05) is 24.3 Å². The Morgan fingerprint density at radius 1 is 1.16 bits per heavy atom. The fraction of sp³-hybridized carbons (Fsp3) is 0.185. The molecule has 2 aromatic carbocycles. The quantitative estimate of drug-likeness (QED) is 0.134. The SMILES string of the molecule is C[C@@H]1CC(c2ncc(-c3ccc4c(c3)CC(=O)N4)[nH]2)n2c1cc(-c1cc(Cl)ccc1N(N)/C=N\N)cc2=O. The topological polar surface area (TPSA) is 147 Å². The van der Waals surface area contributed by atoms with E-state index >= 15 is 0 Å². The lowest BCUT2D eigenvalue weighted by Gasteiger charge is -2.19. The standard InChI is InChI=1S/C27H25ClN8O2/c1-14-6-24(27-31-12-21(34-27)15-2-4-20-17(7-15)9-25(37)33-20)36-23(14)8-16(10-26(36)38)19-11-18(28)3-5-22(19)35(30)13-32-29/h2-5,7-8,10-14,24H,6,9,29-30H2,1H3,(H,31,34)(H,33,37)/b32-13-/t14-,24?/m1/s1. The minimum Gasteiger partial charge on any atom is -0.340 e. The molecule has 4 aromatic rings. The third-order valence-corrected chi connectivity index (χ3v) is 7.42. The summed E-state index contributed by atoms with van der Waals surface area (Å²) in [6.45, 7) is 2.10. The van der Waals surface area contributed by atoms with E-state index in [0.29, 0.717) is 34.1 Å². The van der Waals surface area contributed by atoms with Crippen molar-refractivity contribution in [3.63, 3.8) is 0 Å². The average Bonchev–Trinajstić information content (AvgIpc) is 3.60. The van der Waals surface area contributed by atoms with Crippen LogP contribution < -0.4 is 27.6 Å². The van der Waals surface area contributed by atoms with Crippen LogP contribution >= 0.6 is 11.6 Å². The lowest BCUT2D eigenvalue weighted by atomic mass is 9.99. The van der Waals surface area contributed by atoms with Crippen LogP contribution in [0, 0.1) is 0 Å². The number of rotatable bonds is 5. The lowest BCUT2D eigenvalue weighted by molar-refractivity contribution is -0.115. The second-order valence-corrected chi connectivity index (χ2v) is 10.1. The molecule has 1 unspecified atom stereocenters. The molecule has 0 fully saturated rings. The first kappa shape index (κ1) is 24.0. The fourth-order valence-corrected chi connectivity index (χ4v) is 5.58. The van der Waals surface area contributed by atoms with Crippen LogP contribution in [-0.4, -0.2) is 26.8 Å². The number of carbonyl (C=O) groups is 1. The Hall–Kier alpha value is -4.41. The second kappa shape index (κ2) is 9.16. The van der Waals surface area contributed by atoms with Gasteiger partial charge in [-0.1, -0.05) is 24.6 Å². The van der Waals surface area contributed by atoms with Crippen molar-refractivity contribution >= 4 is 35.2 Å². The predicted molar refractivity (Wildman–Crippen MR) is 148 cm³/mol. The van der Waals surface area contributed by atoms with Crippen molar-refractivity contribution in [2.45, 2.75) is 31.7 Å². The molecule has 11 heteroatoms. The number of hydrazine groups is 1. The van der Waals surface area contributed by atoms with Gasteiger partial charge in [0.15, 0.2) is 0 Å². The van der Waals surface area contributed by atoms with Gasteiger partial charge in [0.1, 0.15) is 12.2 Å². The molecule has 0 bridgehead atoms. The maximum atomic E-state index is 13.5. The zero-order valence-corrected chi connectivity index (χ0v) is 21.2. The number of imidazole rings is 1. The molecule has 192 valence electrons. The Bertz CT molecular complexity index is 1670. The van der Waals surface area contributed by atoms with Gasteiger partial charge in [-0.25, -0.2) is 10.8 Å². The highest BCUT2D eigenvalue weighted by molar-refractivity contribution is 6.31. The first-order valence-corrected chi connectivity index (χ1v) is 12.5. The summed E-state index contributed by atoms with van der Waals surface area (Å²) in [5.74, 6) is 12.2. The summed E-state index contributed by atoms with van der Waals surface area (Å²) in [5, 5.41) is 8.15. The van der Waals surface area contributed by atoms with Gasteiger partial charge < -0.3 is 20.7 Å². The first-order chi connectivity index (χ1) is 18.3. The number of nitrogens with two attached hydrogens (primary N) is 2. The van der Waals surface area contributed by atoms with Gasteiger partial charge in [-0.15, -0.1) is 0 Å². The Morgan fingerprint density at radius 2 is 2.00 bits per heavy atom. The van der Waals surface area contributed by atoms with Crippen LogP contribution in [0.15, 0.2) is 64.6 Å². The number of carbonyl (C=O) groups excluding carboxylic acids is 1. The molecule has 0 aliphatic carbocycles. The van der Waals surface area contributed by atoms with Crippen LogP contribution in [0.1, 0.15) is 42.4 Å². The van der Waals surface area contributed by atoms with Crippen LogP contribution in [0.4, 0.5) is 11.4 Å². The number of nitrogens with one attached hydrogen (secondary N) is 2. The predicted octanol–water partition coefficient (Wildman–Crippen LogP) is 3.73. The molecule has 0 saturated carbocycles. The van der Waals surface area contributed by atoms with Gasteiger partial charge in [-0.2, -0.15) is 5.10 Å². The van der Waals surface area contributed by atoms with Gasteiger partial charge in [0.25, 0.3) is 5.56 Å². The second-order valence-electron chi connectivity index (χ2n) is 9.64. The maximum Gasteiger partial charge on any atom is 0.252 e. The maximum absolute atomic E-state index is 13.5. The van der Waals surface area contributed by atoms with Crippen molar-refractivity contribution in [2.24, 2.45) is 16.8 Å². The molecule has 2 atom stereocenters. The molecule has 38 heavy (non-hydrogen) atoms. The summed E-state index contributed by atoms with van der Waals surface area (Å²) < 4.78 is 1.80. The number of halogens is 1. The summed E-state index contributed by atoms with van der Waals surface area (Å²) >= 11 is 6.29. The van der Waals surface area contributed by atoms with Crippen molar-refractivity contribution < 1.29 is 4.79 Å². The molecule has 1 amide bonds. The van der Waals surface area contributed by atoms with Gasteiger partial charge >= 0.3 is 0 Å². The molecule has 6 rings (SSSR count). The normalized spacial score (nSPS) is 18.0. The Labute approximate surface area is 222 Å². The third-order valence-electron chi connectivity index (χ3n) is 7.18. The summed E-state index contributed by atoms with van der Waals surface area (Å²) in [7, 11) is 0. The number of hydrogen-bond acceptors (Lipinski definition) is 6. The number of fused-ring (bicyclic) bond motifs is 2. The third kappa shape index (κ3) is 4.04. The highest BCUT2D eigenvalue weighted by Crippen LogP contribution is 2.40. The zero-order valence-electron chi connectivity index (χ0n) is 20.5. The number of aromatic amines is 1. The van der Waals surface area contributed by atoms with Crippen molar-refractivity contribution in [2.75, 3.05) is 10.3 Å². The molecular formula is C27H25ClN8O2. The molecule has 0 spiro atoms. The highest BCUT2D eigenvalue weighted by atomic mass is 35.5. The van der Waals surface area contributed by atoms with Crippen LogP contribution in [0.5, 0.6) is 0 Å². The van der Waals surface area contributed by atoms with Crippen molar-refractivity contribution in [1.29, 1.82) is 0 Å². The summed E-state index contributed by atoms with van der Waals surface area (Å²) in [6, 6.07) is 14.4. The molecule has 6 N–H and O–H groups in total. The van der Waals surface area contributed by atoms with Crippen molar-refractivity contribution in [1.82, 2.24) is 14.5 Å². The fourth-order valence-electron chi connectivity index (χ4n) is 5.41. The number of pyridine rings is 1. The molecule has 4 heterocycles. The molecule has 2 aliphatic heterocycles. The van der Waals surface area contributed by atoms with Crippen LogP contribution in [0.25, 0.3) is 22.4 Å². The van der Waals surface area contributed by atoms with Crippen LogP contribution in [0.3, 0.4) is 0 Å². The number of benzene rings is 2. The van der Waals surface area contributed by atoms with Crippen LogP contribution in [-0.2, 0) is 11.2 Å². The van der Waals surface area contributed by atoms with Gasteiger partial charge in [-0.3, -0.25) is 14.6 Å².